The number of aliphatic hydroxyl groups excluding tert-OH is 1. The third-order valence-electron chi connectivity index (χ3n) is 3.69. The molecule has 0 radical (unpaired) electrons. The van der Waals surface area contributed by atoms with E-state index in [0.717, 1.165) is 18.9 Å². The summed E-state index contributed by atoms with van der Waals surface area (Å²) in [6.07, 6.45) is 1.51. The fourth-order valence-corrected chi connectivity index (χ4v) is 4.02. The molecule has 1 saturated carbocycles. The van der Waals surface area contributed by atoms with Crippen molar-refractivity contribution in [1.82, 2.24) is 4.31 Å². The molecule has 0 spiro atoms. The molecule has 1 fully saturated rings. The number of benzene rings is 1. The molecular weight excluding hydrogens is 296 g/mol. The molecule has 1 aromatic carbocycles. The Morgan fingerprint density at radius 3 is 2.48 bits per heavy atom. The fraction of sp³-hybridized carbons (Fsp3) is 0.538. The van der Waals surface area contributed by atoms with E-state index in [4.69, 9.17) is 5.11 Å². The molecule has 0 bridgehead atoms. The first-order valence-electron chi connectivity index (χ1n) is 6.67. The van der Waals surface area contributed by atoms with Gasteiger partial charge in [-0.3, -0.25) is 10.1 Å². The Balaban J connectivity index is 2.51. The van der Waals surface area contributed by atoms with Crippen LogP contribution in [-0.2, 0) is 10.0 Å². The first kappa shape index (κ1) is 15.9. The number of aliphatic hydroxyl groups is 1. The minimum atomic E-state index is -3.83. The summed E-state index contributed by atoms with van der Waals surface area (Å²) in [7, 11) is -3.83. The second kappa shape index (κ2) is 5.70. The van der Waals surface area contributed by atoms with Crippen molar-refractivity contribution in [3.63, 3.8) is 0 Å². The summed E-state index contributed by atoms with van der Waals surface area (Å²) in [6.45, 7) is 2.97. The molecule has 8 heteroatoms. The van der Waals surface area contributed by atoms with Gasteiger partial charge in [-0.05, 0) is 38.3 Å². The molecule has 116 valence electrons. The molecule has 1 aliphatic rings. The highest BCUT2D eigenvalue weighted by molar-refractivity contribution is 7.89. The summed E-state index contributed by atoms with van der Waals surface area (Å²) >= 11 is 0. The third-order valence-corrected chi connectivity index (χ3v) is 5.62. The molecule has 0 heterocycles. The van der Waals surface area contributed by atoms with Gasteiger partial charge >= 0.3 is 0 Å². The minimum absolute atomic E-state index is 0.00766. The Bertz CT molecular complexity index is 667. The maximum atomic E-state index is 12.6. The maximum absolute atomic E-state index is 12.6. The van der Waals surface area contributed by atoms with Crippen LogP contribution >= 0.6 is 0 Å². The molecule has 0 aliphatic heterocycles. The zero-order valence-electron chi connectivity index (χ0n) is 11.9. The van der Waals surface area contributed by atoms with E-state index in [-0.39, 0.29) is 29.8 Å². The lowest BCUT2D eigenvalue weighted by Crippen LogP contribution is -2.35. The standard InChI is InChI=1S/C13H18N2O5S/c1-9-7-12(8-13(10(9)2)15(17)18)21(19,20)14(5-6-16)11-3-4-11/h7-8,11,16H,3-6H2,1-2H3. The average molecular weight is 314 g/mol. The van der Waals surface area contributed by atoms with Crippen LogP contribution < -0.4 is 0 Å². The molecule has 0 amide bonds. The van der Waals surface area contributed by atoms with Gasteiger partial charge in [0.1, 0.15) is 0 Å². The predicted molar refractivity (Wildman–Crippen MR) is 76.6 cm³/mol. The first-order valence-corrected chi connectivity index (χ1v) is 8.11. The van der Waals surface area contributed by atoms with E-state index < -0.39 is 14.9 Å². The number of hydrogen-bond donors (Lipinski definition) is 1. The molecule has 1 aliphatic carbocycles. The molecule has 21 heavy (non-hydrogen) atoms. The van der Waals surface area contributed by atoms with E-state index >= 15 is 0 Å². The average Bonchev–Trinajstić information content (AvgIpc) is 3.22. The van der Waals surface area contributed by atoms with Gasteiger partial charge in [-0.15, -0.1) is 0 Å². The highest BCUT2D eigenvalue weighted by atomic mass is 32.2. The zero-order chi connectivity index (χ0) is 15.8. The lowest BCUT2D eigenvalue weighted by Gasteiger charge is -2.21. The van der Waals surface area contributed by atoms with Crippen molar-refractivity contribution in [3.8, 4) is 0 Å². The lowest BCUT2D eigenvalue weighted by atomic mass is 10.1. The molecule has 0 unspecified atom stereocenters. The minimum Gasteiger partial charge on any atom is -0.395 e. The molecule has 0 aromatic heterocycles. The van der Waals surface area contributed by atoms with Gasteiger partial charge in [0.2, 0.25) is 10.0 Å². The number of nitro groups is 1. The lowest BCUT2D eigenvalue weighted by molar-refractivity contribution is -0.385. The van der Waals surface area contributed by atoms with E-state index in [1.807, 2.05) is 0 Å². The van der Waals surface area contributed by atoms with Gasteiger partial charge in [0, 0.05) is 24.2 Å². The van der Waals surface area contributed by atoms with E-state index in [2.05, 4.69) is 0 Å². The van der Waals surface area contributed by atoms with Crippen LogP contribution in [0.5, 0.6) is 0 Å². The Kier molecular flexibility index (Phi) is 4.31. The molecule has 0 saturated heterocycles. The van der Waals surface area contributed by atoms with Gasteiger partial charge in [0.15, 0.2) is 0 Å². The topological polar surface area (TPSA) is 101 Å². The van der Waals surface area contributed by atoms with Crippen molar-refractivity contribution in [2.45, 2.75) is 37.6 Å². The summed E-state index contributed by atoms with van der Waals surface area (Å²) in [4.78, 5) is 10.4. The van der Waals surface area contributed by atoms with Crippen LogP contribution in [0.2, 0.25) is 0 Å². The molecule has 7 nitrogen and oxygen atoms in total. The maximum Gasteiger partial charge on any atom is 0.273 e. The van der Waals surface area contributed by atoms with Crippen molar-refractivity contribution in [2.24, 2.45) is 0 Å². The Morgan fingerprint density at radius 2 is 2.00 bits per heavy atom. The van der Waals surface area contributed by atoms with Crippen molar-refractivity contribution in [3.05, 3.63) is 33.4 Å². The number of rotatable bonds is 6. The summed E-state index contributed by atoms with van der Waals surface area (Å²) in [6, 6.07) is 2.44. The van der Waals surface area contributed by atoms with Crippen molar-refractivity contribution < 1.29 is 18.4 Å². The molecule has 1 N–H and O–H groups in total. The number of aryl methyl sites for hydroxylation is 1. The van der Waals surface area contributed by atoms with Crippen LogP contribution in [0.1, 0.15) is 24.0 Å². The van der Waals surface area contributed by atoms with Crippen molar-refractivity contribution >= 4 is 15.7 Å². The monoisotopic (exact) mass is 314 g/mol. The highest BCUT2D eigenvalue weighted by Crippen LogP contribution is 2.34. The molecule has 0 atom stereocenters. The fourth-order valence-electron chi connectivity index (χ4n) is 2.24. The Morgan fingerprint density at radius 1 is 1.38 bits per heavy atom. The number of nitrogens with zero attached hydrogens (tertiary/aromatic N) is 2. The SMILES string of the molecule is Cc1cc(S(=O)(=O)N(CCO)C2CC2)cc([N+](=O)[O-])c1C. The van der Waals surface area contributed by atoms with Gasteiger partial charge in [0.05, 0.1) is 16.4 Å². The van der Waals surface area contributed by atoms with Crippen LogP contribution in [0.15, 0.2) is 17.0 Å². The van der Waals surface area contributed by atoms with Crippen LogP contribution in [0.3, 0.4) is 0 Å². The van der Waals surface area contributed by atoms with Gasteiger partial charge in [-0.25, -0.2) is 8.42 Å². The molecule has 2 rings (SSSR count). The van der Waals surface area contributed by atoms with Crippen LogP contribution in [-0.4, -0.2) is 41.9 Å². The third kappa shape index (κ3) is 3.07. The predicted octanol–water partition coefficient (Wildman–Crippen LogP) is 1.36. The van der Waals surface area contributed by atoms with Gasteiger partial charge in [-0.1, -0.05) is 0 Å². The van der Waals surface area contributed by atoms with E-state index in [1.165, 1.54) is 10.4 Å². The summed E-state index contributed by atoms with van der Waals surface area (Å²) in [5, 5.41) is 20.1. The number of nitro benzene ring substituents is 1. The van der Waals surface area contributed by atoms with Gasteiger partial charge in [0.25, 0.3) is 5.69 Å². The molecule has 1 aromatic rings. The van der Waals surface area contributed by atoms with Crippen molar-refractivity contribution in [2.75, 3.05) is 13.2 Å². The van der Waals surface area contributed by atoms with Crippen molar-refractivity contribution in [1.29, 1.82) is 0 Å². The summed E-state index contributed by atoms with van der Waals surface area (Å²) in [5.41, 5.74) is 0.815. The van der Waals surface area contributed by atoms with Gasteiger partial charge in [-0.2, -0.15) is 4.31 Å². The summed E-state index contributed by atoms with van der Waals surface area (Å²) in [5.74, 6) is 0. The first-order chi connectivity index (χ1) is 9.78. The summed E-state index contributed by atoms with van der Waals surface area (Å²) < 4.78 is 26.5. The van der Waals surface area contributed by atoms with E-state index in [9.17, 15) is 18.5 Å². The quantitative estimate of drug-likeness (QED) is 0.631. The van der Waals surface area contributed by atoms with E-state index in [1.54, 1.807) is 13.8 Å². The number of sulfonamides is 1. The normalized spacial score (nSPS) is 15.4. The van der Waals surface area contributed by atoms with E-state index in [0.29, 0.717) is 11.1 Å². The number of hydrogen-bond acceptors (Lipinski definition) is 5. The Labute approximate surface area is 123 Å². The zero-order valence-corrected chi connectivity index (χ0v) is 12.8. The van der Waals surface area contributed by atoms with Crippen LogP contribution in [0.25, 0.3) is 0 Å². The second-order valence-corrected chi connectivity index (χ2v) is 7.10. The van der Waals surface area contributed by atoms with Gasteiger partial charge < -0.3 is 5.11 Å². The highest BCUT2D eigenvalue weighted by Gasteiger charge is 2.38. The molecular formula is C13H18N2O5S. The smallest absolute Gasteiger partial charge is 0.273 e. The van der Waals surface area contributed by atoms with Crippen LogP contribution in [0.4, 0.5) is 5.69 Å². The van der Waals surface area contributed by atoms with Crippen LogP contribution in [0, 0.1) is 24.0 Å². The Hall–Kier alpha value is -1.51. The second-order valence-electron chi connectivity index (χ2n) is 5.21. The largest absolute Gasteiger partial charge is 0.395 e.